The molecular weight excluding hydrogens is 227 g/mol. The molecule has 0 aliphatic heterocycles. The highest BCUT2D eigenvalue weighted by Crippen LogP contribution is 2.23. The second-order valence-corrected chi connectivity index (χ2v) is 5.13. The van der Waals surface area contributed by atoms with Crippen LogP contribution in [0.5, 0.6) is 0 Å². The molecule has 1 rings (SSSR count). The standard InChI is InChI=1S/C15H25FN2/c1-5-10(2)14(6-7-17)18-15-9-13(16)11(3)8-12(15)4/h8-10,14,18H,5-7,17H2,1-4H3. The molecule has 0 fully saturated rings. The summed E-state index contributed by atoms with van der Waals surface area (Å²) < 4.78 is 13.6. The third-order valence-corrected chi connectivity index (χ3v) is 3.66. The Balaban J connectivity index is 2.89. The molecule has 18 heavy (non-hydrogen) atoms. The third kappa shape index (κ3) is 3.70. The van der Waals surface area contributed by atoms with Crippen molar-refractivity contribution in [3.8, 4) is 0 Å². The normalized spacial score (nSPS) is 14.3. The molecule has 0 bridgehead atoms. The molecule has 0 radical (unpaired) electrons. The Morgan fingerprint density at radius 2 is 1.94 bits per heavy atom. The van der Waals surface area contributed by atoms with E-state index in [0.29, 0.717) is 24.1 Å². The molecule has 2 nitrogen and oxygen atoms in total. The van der Waals surface area contributed by atoms with E-state index in [9.17, 15) is 4.39 Å². The number of halogens is 1. The number of rotatable bonds is 6. The SMILES string of the molecule is CCC(C)C(CCN)Nc1cc(F)c(C)cc1C. The van der Waals surface area contributed by atoms with E-state index in [4.69, 9.17) is 5.73 Å². The van der Waals surface area contributed by atoms with Crippen molar-refractivity contribution >= 4 is 5.69 Å². The van der Waals surface area contributed by atoms with Gasteiger partial charge in [-0.25, -0.2) is 4.39 Å². The summed E-state index contributed by atoms with van der Waals surface area (Å²) >= 11 is 0. The average molecular weight is 252 g/mol. The van der Waals surface area contributed by atoms with Gasteiger partial charge < -0.3 is 11.1 Å². The van der Waals surface area contributed by atoms with Crippen LogP contribution in [0.1, 0.15) is 37.8 Å². The summed E-state index contributed by atoms with van der Waals surface area (Å²) in [6.07, 6.45) is 2.00. The second-order valence-electron chi connectivity index (χ2n) is 5.13. The minimum atomic E-state index is -0.154. The van der Waals surface area contributed by atoms with Gasteiger partial charge >= 0.3 is 0 Å². The third-order valence-electron chi connectivity index (χ3n) is 3.66. The lowest BCUT2D eigenvalue weighted by molar-refractivity contribution is 0.449. The van der Waals surface area contributed by atoms with E-state index in [1.165, 1.54) is 0 Å². The maximum atomic E-state index is 13.6. The van der Waals surface area contributed by atoms with Crippen molar-refractivity contribution in [2.75, 3.05) is 11.9 Å². The molecule has 0 aromatic heterocycles. The van der Waals surface area contributed by atoms with Gasteiger partial charge in [-0.05, 0) is 49.9 Å². The summed E-state index contributed by atoms with van der Waals surface area (Å²) in [7, 11) is 0. The first-order valence-electron chi connectivity index (χ1n) is 6.72. The van der Waals surface area contributed by atoms with Crippen LogP contribution in [0.3, 0.4) is 0 Å². The topological polar surface area (TPSA) is 38.0 Å². The predicted octanol–water partition coefficient (Wildman–Crippen LogP) is 3.62. The van der Waals surface area contributed by atoms with Gasteiger partial charge in [0, 0.05) is 11.7 Å². The Labute approximate surface area is 110 Å². The van der Waals surface area contributed by atoms with Crippen molar-refractivity contribution in [2.24, 2.45) is 11.7 Å². The van der Waals surface area contributed by atoms with Gasteiger partial charge in [0.25, 0.3) is 0 Å². The Hall–Kier alpha value is -1.09. The Morgan fingerprint density at radius 3 is 2.50 bits per heavy atom. The number of nitrogens with two attached hydrogens (primary N) is 1. The first kappa shape index (κ1) is 15.0. The molecule has 0 saturated heterocycles. The zero-order chi connectivity index (χ0) is 13.7. The quantitative estimate of drug-likeness (QED) is 0.811. The predicted molar refractivity (Wildman–Crippen MR) is 76.4 cm³/mol. The minimum Gasteiger partial charge on any atom is -0.382 e. The smallest absolute Gasteiger partial charge is 0.128 e. The fourth-order valence-corrected chi connectivity index (χ4v) is 2.14. The van der Waals surface area contributed by atoms with E-state index in [1.54, 1.807) is 13.0 Å². The van der Waals surface area contributed by atoms with E-state index in [-0.39, 0.29) is 5.82 Å². The van der Waals surface area contributed by atoms with E-state index < -0.39 is 0 Å². The zero-order valence-electron chi connectivity index (χ0n) is 11.9. The minimum absolute atomic E-state index is 0.154. The highest BCUT2D eigenvalue weighted by atomic mass is 19.1. The van der Waals surface area contributed by atoms with Crippen LogP contribution in [-0.2, 0) is 0 Å². The van der Waals surface area contributed by atoms with Gasteiger partial charge in [0.1, 0.15) is 5.82 Å². The molecule has 0 saturated carbocycles. The lowest BCUT2D eigenvalue weighted by atomic mass is 9.95. The van der Waals surface area contributed by atoms with Crippen LogP contribution >= 0.6 is 0 Å². The van der Waals surface area contributed by atoms with Gasteiger partial charge in [-0.1, -0.05) is 26.3 Å². The van der Waals surface area contributed by atoms with Crippen molar-refractivity contribution < 1.29 is 4.39 Å². The van der Waals surface area contributed by atoms with Crippen molar-refractivity contribution in [1.29, 1.82) is 0 Å². The number of aryl methyl sites for hydroxylation is 2. The van der Waals surface area contributed by atoms with Crippen LogP contribution in [0.25, 0.3) is 0 Å². The van der Waals surface area contributed by atoms with Crippen molar-refractivity contribution in [2.45, 2.75) is 46.6 Å². The zero-order valence-corrected chi connectivity index (χ0v) is 11.9. The van der Waals surface area contributed by atoms with Crippen LogP contribution in [-0.4, -0.2) is 12.6 Å². The van der Waals surface area contributed by atoms with Gasteiger partial charge in [-0.2, -0.15) is 0 Å². The van der Waals surface area contributed by atoms with Gasteiger partial charge in [-0.15, -0.1) is 0 Å². The molecule has 0 spiro atoms. The summed E-state index contributed by atoms with van der Waals surface area (Å²) in [5.74, 6) is 0.371. The lowest BCUT2D eigenvalue weighted by Gasteiger charge is -2.26. The molecule has 102 valence electrons. The molecule has 0 heterocycles. The van der Waals surface area contributed by atoms with E-state index in [2.05, 4.69) is 19.2 Å². The number of benzene rings is 1. The number of hydrogen-bond donors (Lipinski definition) is 2. The lowest BCUT2D eigenvalue weighted by Crippen LogP contribution is -2.30. The van der Waals surface area contributed by atoms with E-state index in [1.807, 2.05) is 13.0 Å². The van der Waals surface area contributed by atoms with Gasteiger partial charge in [-0.3, -0.25) is 0 Å². The summed E-state index contributed by atoms with van der Waals surface area (Å²) in [5, 5.41) is 3.45. The van der Waals surface area contributed by atoms with Crippen LogP contribution in [0, 0.1) is 25.6 Å². The molecule has 3 N–H and O–H groups in total. The van der Waals surface area contributed by atoms with Crippen LogP contribution in [0.2, 0.25) is 0 Å². The Kier molecular flexibility index (Phi) is 5.60. The van der Waals surface area contributed by atoms with Crippen LogP contribution < -0.4 is 11.1 Å². The van der Waals surface area contributed by atoms with Gasteiger partial charge in [0.05, 0.1) is 0 Å². The maximum absolute atomic E-state index is 13.6. The first-order chi connectivity index (χ1) is 8.49. The van der Waals surface area contributed by atoms with Crippen LogP contribution in [0.4, 0.5) is 10.1 Å². The van der Waals surface area contributed by atoms with E-state index in [0.717, 1.165) is 24.1 Å². The molecule has 0 aliphatic rings. The highest BCUT2D eigenvalue weighted by molar-refractivity contribution is 5.53. The average Bonchev–Trinajstić information content (AvgIpc) is 2.34. The second kappa shape index (κ2) is 6.74. The number of anilines is 1. The fourth-order valence-electron chi connectivity index (χ4n) is 2.14. The largest absolute Gasteiger partial charge is 0.382 e. The van der Waals surface area contributed by atoms with Crippen LogP contribution in [0.15, 0.2) is 12.1 Å². The van der Waals surface area contributed by atoms with Crippen molar-refractivity contribution in [3.63, 3.8) is 0 Å². The van der Waals surface area contributed by atoms with Crippen molar-refractivity contribution in [3.05, 3.63) is 29.1 Å². The summed E-state index contributed by atoms with van der Waals surface area (Å²) in [6.45, 7) is 8.81. The summed E-state index contributed by atoms with van der Waals surface area (Å²) in [6, 6.07) is 3.78. The van der Waals surface area contributed by atoms with Gasteiger partial charge in [0.2, 0.25) is 0 Å². The maximum Gasteiger partial charge on any atom is 0.128 e. The first-order valence-corrected chi connectivity index (χ1v) is 6.72. The highest BCUT2D eigenvalue weighted by Gasteiger charge is 2.16. The van der Waals surface area contributed by atoms with Crippen molar-refractivity contribution in [1.82, 2.24) is 0 Å². The Morgan fingerprint density at radius 1 is 1.28 bits per heavy atom. The number of hydrogen-bond acceptors (Lipinski definition) is 2. The number of nitrogens with one attached hydrogen (secondary N) is 1. The molecule has 0 amide bonds. The molecule has 2 atom stereocenters. The molecular formula is C15H25FN2. The molecule has 1 aromatic carbocycles. The summed E-state index contributed by atoms with van der Waals surface area (Å²) in [4.78, 5) is 0. The molecule has 0 aliphatic carbocycles. The fraction of sp³-hybridized carbons (Fsp3) is 0.600. The summed E-state index contributed by atoms with van der Waals surface area (Å²) in [5.41, 5.74) is 8.31. The monoisotopic (exact) mass is 252 g/mol. The molecule has 1 aromatic rings. The molecule has 3 heteroatoms. The Bertz CT molecular complexity index is 390. The van der Waals surface area contributed by atoms with Gasteiger partial charge in [0.15, 0.2) is 0 Å². The van der Waals surface area contributed by atoms with E-state index >= 15 is 0 Å². The molecule has 2 unspecified atom stereocenters.